The van der Waals surface area contributed by atoms with Gasteiger partial charge in [0.2, 0.25) is 0 Å². The molecule has 0 amide bonds. The predicted molar refractivity (Wildman–Crippen MR) is 185 cm³/mol. The number of hydroxylamine groups is 2. The van der Waals surface area contributed by atoms with Crippen molar-refractivity contribution >= 4 is 14.7 Å². The first-order chi connectivity index (χ1) is 19.7. The Kier molecular flexibility index (Phi) is 9.11. The number of rotatable bonds is 2. The van der Waals surface area contributed by atoms with Crippen LogP contribution < -0.4 is 4.52 Å². The summed E-state index contributed by atoms with van der Waals surface area (Å²) in [4.78, 5) is 0. The van der Waals surface area contributed by atoms with Gasteiger partial charge in [0.25, 0.3) is 0 Å². The monoisotopic (exact) mass is 625 g/mol. The molecule has 2 heterocycles. The summed E-state index contributed by atoms with van der Waals surface area (Å²) in [6.07, 6.45) is 7.89. The van der Waals surface area contributed by atoms with E-state index in [1.165, 1.54) is 21.8 Å². The van der Waals surface area contributed by atoms with Gasteiger partial charge in [0, 0.05) is 22.2 Å². The fraction of sp³-hybridized carbons (Fsp3) is 0.684. The number of benzene rings is 1. The molecule has 2 atom stereocenters. The fourth-order valence-corrected chi connectivity index (χ4v) is 7.92. The number of piperidine rings is 1. The van der Waals surface area contributed by atoms with Gasteiger partial charge in [-0.1, -0.05) is 101 Å². The van der Waals surface area contributed by atoms with Crippen molar-refractivity contribution in [2.24, 2.45) is 10.8 Å². The highest BCUT2D eigenvalue weighted by Gasteiger charge is 2.48. The molecule has 6 heteroatoms. The highest BCUT2D eigenvalue weighted by atomic mass is 31.2. The molecule has 0 bridgehead atoms. The topological polar surface area (TPSA) is 51.2 Å². The molecule has 4 rings (SSSR count). The van der Waals surface area contributed by atoms with Crippen molar-refractivity contribution in [3.8, 4) is 5.75 Å². The van der Waals surface area contributed by atoms with Crippen LogP contribution in [0.5, 0.6) is 5.75 Å². The Bertz CT molecular complexity index is 1340. The minimum absolute atomic E-state index is 0.0233. The van der Waals surface area contributed by atoms with Gasteiger partial charge in [0.05, 0.1) is 6.10 Å². The molecule has 2 unspecified atom stereocenters. The molecule has 1 N–H and O–H groups in total. The minimum atomic E-state index is -1.79. The maximum Gasteiger partial charge on any atom is 0.398 e. The second kappa shape index (κ2) is 11.3. The summed E-state index contributed by atoms with van der Waals surface area (Å²) in [5.41, 5.74) is 5.94. The zero-order chi connectivity index (χ0) is 33.4. The van der Waals surface area contributed by atoms with Gasteiger partial charge in [0.1, 0.15) is 11.9 Å². The lowest BCUT2D eigenvalue weighted by Gasteiger charge is -2.51. The van der Waals surface area contributed by atoms with Crippen LogP contribution in [0.25, 0.3) is 6.08 Å². The molecule has 0 saturated carbocycles. The number of hydrogen-bond acceptors (Lipinski definition) is 5. The van der Waals surface area contributed by atoms with E-state index in [2.05, 4.69) is 141 Å². The first-order valence-electron chi connectivity index (χ1n) is 16.4. The molecule has 5 nitrogen and oxygen atoms in total. The van der Waals surface area contributed by atoms with Gasteiger partial charge in [-0.15, -0.1) is 0 Å². The van der Waals surface area contributed by atoms with Crippen LogP contribution in [0.2, 0.25) is 0 Å². The zero-order valence-electron chi connectivity index (χ0n) is 30.5. The summed E-state index contributed by atoms with van der Waals surface area (Å²) in [5.74, 6) is 0.846. The van der Waals surface area contributed by atoms with Gasteiger partial charge in [-0.25, -0.2) is 0 Å². The van der Waals surface area contributed by atoms with Crippen LogP contribution in [0.4, 0.5) is 0 Å². The third kappa shape index (κ3) is 7.39. The van der Waals surface area contributed by atoms with E-state index in [9.17, 15) is 5.21 Å². The first-order valence-corrected chi connectivity index (χ1v) is 17.5. The van der Waals surface area contributed by atoms with E-state index in [1.54, 1.807) is 0 Å². The highest BCUT2D eigenvalue weighted by molar-refractivity contribution is 7.42. The van der Waals surface area contributed by atoms with Crippen molar-refractivity contribution in [1.29, 1.82) is 0 Å². The van der Waals surface area contributed by atoms with E-state index in [0.29, 0.717) is 12.8 Å². The Labute approximate surface area is 270 Å². The lowest BCUT2D eigenvalue weighted by atomic mass is 9.72. The van der Waals surface area contributed by atoms with Gasteiger partial charge in [-0.2, -0.15) is 5.06 Å². The largest absolute Gasteiger partial charge is 0.426 e. The normalized spacial score (nSPS) is 26.2. The molecule has 0 radical (unpaired) electrons. The van der Waals surface area contributed by atoms with Crippen LogP contribution >= 0.6 is 8.60 Å². The molecular weight excluding hydrogens is 565 g/mol. The molecule has 0 spiro atoms. The standard InChI is InChI=1S/C38H60NO4P/c1-33(2,3)26-18-24-17-25-19-27(34(4,5)6)21-30(36(10,11)12)32(25)43-44(42-31(24)29(20-26)35(7,8)9)41-28-22-37(13,14)39(40)38(15,16)23-28/h17-21,28,31,40H,22-23H2,1-16H3/b24-17-. The molecule has 1 aromatic carbocycles. The van der Waals surface area contributed by atoms with Gasteiger partial charge in [-0.05, 0) is 96.6 Å². The van der Waals surface area contributed by atoms with Crippen molar-refractivity contribution in [3.63, 3.8) is 0 Å². The second-order valence-corrected chi connectivity index (χ2v) is 19.7. The lowest BCUT2D eigenvalue weighted by molar-refractivity contribution is -0.255. The Morgan fingerprint density at radius 2 is 1.34 bits per heavy atom. The summed E-state index contributed by atoms with van der Waals surface area (Å²) < 4.78 is 21.0. The molecule has 44 heavy (non-hydrogen) atoms. The van der Waals surface area contributed by atoms with Gasteiger partial charge in [0.15, 0.2) is 0 Å². The van der Waals surface area contributed by atoms with E-state index in [-0.39, 0.29) is 33.9 Å². The number of hydrogen-bond donors (Lipinski definition) is 1. The van der Waals surface area contributed by atoms with Crippen molar-refractivity contribution < 1.29 is 18.8 Å². The van der Waals surface area contributed by atoms with Gasteiger partial charge in [-0.3, -0.25) is 9.05 Å². The Balaban J connectivity index is 1.95. The average Bonchev–Trinajstić information content (AvgIpc) is 2.79. The van der Waals surface area contributed by atoms with Crippen LogP contribution in [0.1, 0.15) is 140 Å². The van der Waals surface area contributed by atoms with Crippen LogP contribution in [0.15, 0.2) is 41.0 Å². The van der Waals surface area contributed by atoms with Crippen LogP contribution in [-0.4, -0.2) is 33.6 Å². The number of allylic oxidation sites excluding steroid dienone is 2. The minimum Gasteiger partial charge on any atom is -0.426 e. The van der Waals surface area contributed by atoms with Crippen molar-refractivity contribution in [3.05, 3.63) is 57.7 Å². The van der Waals surface area contributed by atoms with E-state index in [4.69, 9.17) is 13.6 Å². The number of fused-ring (bicyclic) bond motifs is 2. The Morgan fingerprint density at radius 3 is 1.82 bits per heavy atom. The van der Waals surface area contributed by atoms with E-state index in [1.807, 2.05) is 0 Å². The average molecular weight is 626 g/mol. The highest BCUT2D eigenvalue weighted by Crippen LogP contribution is 2.56. The lowest BCUT2D eigenvalue weighted by Crippen LogP contribution is -2.60. The van der Waals surface area contributed by atoms with Crippen molar-refractivity contribution in [2.45, 2.75) is 158 Å². The van der Waals surface area contributed by atoms with Gasteiger partial charge >= 0.3 is 8.60 Å². The molecule has 1 saturated heterocycles. The molecule has 0 aromatic heterocycles. The fourth-order valence-electron chi connectivity index (χ4n) is 6.63. The molecular formula is C38H60NO4P. The third-order valence-electron chi connectivity index (χ3n) is 9.26. The summed E-state index contributed by atoms with van der Waals surface area (Å²) in [6, 6.07) is 4.63. The third-order valence-corrected chi connectivity index (χ3v) is 10.4. The molecule has 1 aliphatic carbocycles. The summed E-state index contributed by atoms with van der Waals surface area (Å²) in [6.45, 7) is 35.5. The quantitative estimate of drug-likeness (QED) is 0.331. The summed E-state index contributed by atoms with van der Waals surface area (Å²) in [7, 11) is -1.79. The van der Waals surface area contributed by atoms with E-state index in [0.717, 1.165) is 22.4 Å². The van der Waals surface area contributed by atoms with E-state index >= 15 is 0 Å². The van der Waals surface area contributed by atoms with Gasteiger partial charge < -0.3 is 9.73 Å². The first kappa shape index (κ1) is 35.4. The number of nitrogens with zero attached hydrogens (tertiary/aromatic N) is 1. The van der Waals surface area contributed by atoms with Crippen molar-refractivity contribution in [2.75, 3.05) is 0 Å². The van der Waals surface area contributed by atoms with Crippen LogP contribution in [-0.2, 0) is 19.9 Å². The van der Waals surface area contributed by atoms with Crippen LogP contribution in [0.3, 0.4) is 0 Å². The maximum absolute atomic E-state index is 11.0. The summed E-state index contributed by atoms with van der Waals surface area (Å²) >= 11 is 0. The Hall–Kier alpha value is -1.49. The summed E-state index contributed by atoms with van der Waals surface area (Å²) in [5, 5.41) is 12.5. The molecule has 3 aliphatic rings. The predicted octanol–water partition coefficient (Wildman–Crippen LogP) is 11.1. The van der Waals surface area contributed by atoms with Crippen LogP contribution in [0, 0.1) is 10.8 Å². The van der Waals surface area contributed by atoms with Crippen molar-refractivity contribution in [1.82, 2.24) is 5.06 Å². The molecule has 246 valence electrons. The molecule has 2 aliphatic heterocycles. The Morgan fingerprint density at radius 1 is 0.773 bits per heavy atom. The SMILES string of the molecule is CC(C)(C)C1=C/C2=C/c3cc(C(C)(C)C)cc(C(C)(C)C)c3OP(OC3CC(C)(C)N(O)C(C)(C)C3)OC2C(C(C)(C)C)=C1. The zero-order valence-corrected chi connectivity index (χ0v) is 31.4. The van der Waals surface area contributed by atoms with E-state index < -0.39 is 19.7 Å². The maximum atomic E-state index is 11.0. The smallest absolute Gasteiger partial charge is 0.398 e. The molecule has 1 aromatic rings. The molecule has 1 fully saturated rings. The second-order valence-electron chi connectivity index (χ2n) is 18.7.